The van der Waals surface area contributed by atoms with E-state index in [4.69, 9.17) is 0 Å². The third kappa shape index (κ3) is 8.90. The van der Waals surface area contributed by atoms with Crippen LogP contribution in [0.4, 0.5) is 11.4 Å². The van der Waals surface area contributed by atoms with Gasteiger partial charge in [-0.05, 0) is 62.9 Å². The molecule has 3 aromatic carbocycles. The zero-order chi connectivity index (χ0) is 31.5. The fourth-order valence-corrected chi connectivity index (χ4v) is 6.65. The normalized spacial score (nSPS) is 16.0. The minimum Gasteiger partial charge on any atom is -0.390 e. The largest absolute Gasteiger partial charge is 0.390 e. The Morgan fingerprint density at radius 1 is 0.909 bits per heavy atom. The molecule has 0 heterocycles. The molecule has 0 saturated heterocycles. The number of carbonyl (C=O) groups is 2. The fourth-order valence-electron chi connectivity index (χ4n) is 5.49. The molecule has 1 saturated carbocycles. The molecule has 3 atom stereocenters. The number of nitrogens with one attached hydrogen (secondary N) is 3. The Morgan fingerprint density at radius 2 is 1.52 bits per heavy atom. The van der Waals surface area contributed by atoms with E-state index in [0.29, 0.717) is 12.1 Å². The van der Waals surface area contributed by atoms with Crippen molar-refractivity contribution in [3.63, 3.8) is 0 Å². The maximum absolute atomic E-state index is 13.9. The molecule has 3 aromatic rings. The molecule has 236 valence electrons. The monoisotopic (exact) mass is 620 g/mol. The first kappa shape index (κ1) is 33.2. The van der Waals surface area contributed by atoms with Gasteiger partial charge in [0.15, 0.2) is 0 Å². The van der Waals surface area contributed by atoms with Crippen molar-refractivity contribution in [2.24, 2.45) is 0 Å². The molecule has 1 aliphatic rings. The van der Waals surface area contributed by atoms with Gasteiger partial charge in [0.2, 0.25) is 15.9 Å². The summed E-state index contributed by atoms with van der Waals surface area (Å²) >= 11 is 0. The highest BCUT2D eigenvalue weighted by molar-refractivity contribution is 7.93. The number of carbonyl (C=O) groups excluding carboxylic acids is 2. The van der Waals surface area contributed by atoms with Crippen LogP contribution in [0.3, 0.4) is 0 Å². The van der Waals surface area contributed by atoms with Gasteiger partial charge in [-0.3, -0.25) is 9.59 Å². The SMILES string of the molecule is CCS(=O)(=O)N(c1ccccc1)c1ccccc1C(=O)N[C@@H](Cc1ccccc1)[C@H](O)CN[C@@H](C)C(=O)NC1CCCCC1. The summed E-state index contributed by atoms with van der Waals surface area (Å²) in [5.41, 5.74) is 1.71. The Morgan fingerprint density at radius 3 is 2.18 bits per heavy atom. The van der Waals surface area contributed by atoms with Crippen LogP contribution in [0.5, 0.6) is 0 Å². The fraction of sp³-hybridized carbons (Fsp3) is 0.412. The van der Waals surface area contributed by atoms with Crippen molar-refractivity contribution in [3.05, 3.63) is 96.1 Å². The summed E-state index contributed by atoms with van der Waals surface area (Å²) < 4.78 is 27.8. The highest BCUT2D eigenvalue weighted by Crippen LogP contribution is 2.32. The first-order valence-electron chi connectivity index (χ1n) is 15.4. The van der Waals surface area contributed by atoms with Crippen LogP contribution in [-0.4, -0.2) is 61.9 Å². The number of aliphatic hydroxyl groups excluding tert-OH is 1. The van der Waals surface area contributed by atoms with Crippen LogP contribution in [0, 0.1) is 0 Å². The highest BCUT2D eigenvalue weighted by Gasteiger charge is 2.29. The molecule has 0 bridgehead atoms. The Kier molecular flexibility index (Phi) is 11.9. The molecule has 44 heavy (non-hydrogen) atoms. The van der Waals surface area contributed by atoms with Crippen molar-refractivity contribution in [2.45, 2.75) is 76.6 Å². The Bertz CT molecular complexity index is 1460. The molecule has 2 amide bonds. The van der Waals surface area contributed by atoms with E-state index < -0.39 is 34.1 Å². The Hall–Kier alpha value is -3.73. The smallest absolute Gasteiger partial charge is 0.253 e. The molecule has 0 spiro atoms. The molecule has 0 unspecified atom stereocenters. The topological polar surface area (TPSA) is 128 Å². The van der Waals surface area contributed by atoms with E-state index in [9.17, 15) is 23.1 Å². The van der Waals surface area contributed by atoms with Crippen molar-refractivity contribution in [3.8, 4) is 0 Å². The van der Waals surface area contributed by atoms with Gasteiger partial charge < -0.3 is 21.1 Å². The van der Waals surface area contributed by atoms with Crippen LogP contribution < -0.4 is 20.3 Å². The highest BCUT2D eigenvalue weighted by atomic mass is 32.2. The predicted octanol–water partition coefficient (Wildman–Crippen LogP) is 4.30. The zero-order valence-corrected chi connectivity index (χ0v) is 26.3. The molecule has 1 aliphatic carbocycles. The van der Waals surface area contributed by atoms with Crippen LogP contribution in [0.1, 0.15) is 61.9 Å². The number of hydrogen-bond acceptors (Lipinski definition) is 6. The molecule has 0 aromatic heterocycles. The summed E-state index contributed by atoms with van der Waals surface area (Å²) in [5.74, 6) is -0.790. The third-order valence-corrected chi connectivity index (χ3v) is 9.75. The summed E-state index contributed by atoms with van der Waals surface area (Å²) in [5, 5.41) is 20.5. The number of sulfonamides is 1. The van der Waals surface area contributed by atoms with Crippen LogP contribution in [-0.2, 0) is 21.2 Å². The number of nitrogens with zero attached hydrogens (tertiary/aromatic N) is 1. The second-order valence-electron chi connectivity index (χ2n) is 11.3. The van der Waals surface area contributed by atoms with Crippen molar-refractivity contribution < 1.29 is 23.1 Å². The summed E-state index contributed by atoms with van der Waals surface area (Å²) in [6, 6.07) is 23.6. The lowest BCUT2D eigenvalue weighted by Gasteiger charge is -2.29. The zero-order valence-electron chi connectivity index (χ0n) is 25.5. The van der Waals surface area contributed by atoms with Crippen LogP contribution in [0.2, 0.25) is 0 Å². The van der Waals surface area contributed by atoms with Gasteiger partial charge in [-0.15, -0.1) is 0 Å². The summed E-state index contributed by atoms with van der Waals surface area (Å²) in [4.78, 5) is 26.7. The molecule has 0 aliphatic heterocycles. The second-order valence-corrected chi connectivity index (χ2v) is 13.4. The second kappa shape index (κ2) is 15.8. The van der Waals surface area contributed by atoms with Gasteiger partial charge in [-0.25, -0.2) is 12.7 Å². The van der Waals surface area contributed by atoms with Crippen LogP contribution in [0.15, 0.2) is 84.9 Å². The van der Waals surface area contributed by atoms with Gasteiger partial charge in [0, 0.05) is 12.6 Å². The maximum Gasteiger partial charge on any atom is 0.253 e. The molecule has 10 heteroatoms. The summed E-state index contributed by atoms with van der Waals surface area (Å²) in [6.45, 7) is 3.39. The van der Waals surface area contributed by atoms with Gasteiger partial charge in [0.25, 0.3) is 5.91 Å². The number of amides is 2. The minimum atomic E-state index is -3.80. The quantitative estimate of drug-likeness (QED) is 0.213. The Labute approximate surface area is 261 Å². The molecule has 4 N–H and O–H groups in total. The summed E-state index contributed by atoms with van der Waals surface area (Å²) in [7, 11) is -3.80. The van der Waals surface area contributed by atoms with Crippen molar-refractivity contribution in [1.82, 2.24) is 16.0 Å². The molecule has 9 nitrogen and oxygen atoms in total. The van der Waals surface area contributed by atoms with E-state index >= 15 is 0 Å². The van der Waals surface area contributed by atoms with E-state index in [1.54, 1.807) is 68.4 Å². The number of aliphatic hydroxyl groups is 1. The van der Waals surface area contributed by atoms with E-state index in [0.717, 1.165) is 31.2 Å². The van der Waals surface area contributed by atoms with Crippen LogP contribution in [0.25, 0.3) is 0 Å². The number of para-hydroxylation sites is 2. The lowest BCUT2D eigenvalue weighted by atomic mass is 9.95. The van der Waals surface area contributed by atoms with Crippen molar-refractivity contribution in [1.29, 1.82) is 0 Å². The minimum absolute atomic E-state index is 0.0685. The number of benzene rings is 3. The van der Waals surface area contributed by atoms with Gasteiger partial charge in [-0.2, -0.15) is 0 Å². The lowest BCUT2D eigenvalue weighted by molar-refractivity contribution is -0.123. The molecular weight excluding hydrogens is 576 g/mol. The van der Waals surface area contributed by atoms with Gasteiger partial charge in [0.05, 0.1) is 40.9 Å². The number of anilines is 2. The Balaban J connectivity index is 1.54. The maximum atomic E-state index is 13.9. The van der Waals surface area contributed by atoms with Crippen molar-refractivity contribution >= 4 is 33.2 Å². The van der Waals surface area contributed by atoms with E-state index in [1.807, 2.05) is 30.3 Å². The average Bonchev–Trinajstić information content (AvgIpc) is 3.04. The average molecular weight is 621 g/mol. The number of hydrogen-bond donors (Lipinski definition) is 4. The van der Waals surface area contributed by atoms with Gasteiger partial charge in [-0.1, -0.05) is 79.9 Å². The standard InChI is InChI=1S/C34H44N4O5S/c1-3-44(42,43)38(28-19-11-6-12-20-28)31-22-14-13-21-29(31)34(41)37-30(23-26-15-7-4-8-16-26)32(39)24-35-25(2)33(40)36-27-17-9-5-10-18-27/h4,6-8,11-16,19-22,25,27,30,32,35,39H,3,5,9-10,17-18,23-24H2,1-2H3,(H,36,40)(H,37,41)/t25-,30-,32+/m0/s1. The number of rotatable bonds is 14. The van der Waals surface area contributed by atoms with Crippen molar-refractivity contribution in [2.75, 3.05) is 16.6 Å². The van der Waals surface area contributed by atoms with Gasteiger partial charge in [0.1, 0.15) is 0 Å². The van der Waals surface area contributed by atoms with E-state index in [1.165, 1.54) is 10.7 Å². The van der Waals surface area contributed by atoms with E-state index in [2.05, 4.69) is 16.0 Å². The van der Waals surface area contributed by atoms with Gasteiger partial charge >= 0.3 is 0 Å². The molecule has 0 radical (unpaired) electrons. The predicted molar refractivity (Wildman–Crippen MR) is 174 cm³/mol. The van der Waals surface area contributed by atoms with Crippen LogP contribution >= 0.6 is 0 Å². The molecular formula is C34H44N4O5S. The lowest BCUT2D eigenvalue weighted by Crippen LogP contribution is -2.53. The molecule has 4 rings (SSSR count). The van der Waals surface area contributed by atoms with E-state index in [-0.39, 0.29) is 35.5 Å². The first-order valence-corrected chi connectivity index (χ1v) is 17.0. The molecule has 1 fully saturated rings. The first-order chi connectivity index (χ1) is 21.2. The third-order valence-electron chi connectivity index (χ3n) is 8.06. The summed E-state index contributed by atoms with van der Waals surface area (Å²) in [6.07, 6.45) is 4.68.